The lowest BCUT2D eigenvalue weighted by atomic mass is 10.0. The van der Waals surface area contributed by atoms with Gasteiger partial charge in [-0.2, -0.15) is 0 Å². The predicted octanol–water partition coefficient (Wildman–Crippen LogP) is 2.12. The van der Waals surface area contributed by atoms with Crippen LogP contribution in [0.15, 0.2) is 48.0 Å². The molecule has 0 saturated carbocycles. The van der Waals surface area contributed by atoms with Gasteiger partial charge in [0.25, 0.3) is 5.91 Å². The van der Waals surface area contributed by atoms with E-state index in [0.717, 1.165) is 16.5 Å². The molecule has 0 bridgehead atoms. The zero-order chi connectivity index (χ0) is 20.9. The van der Waals surface area contributed by atoms with Crippen LogP contribution in [0.4, 0.5) is 0 Å². The molecule has 0 fully saturated rings. The average molecular weight is 434 g/mol. The van der Waals surface area contributed by atoms with Crippen LogP contribution in [0.2, 0.25) is 0 Å². The molecule has 29 heavy (non-hydrogen) atoms. The number of aromatic nitrogens is 1. The normalized spacial score (nSPS) is 12.6. The first kappa shape index (κ1) is 21.1. The topological polar surface area (TPSA) is 108 Å². The zero-order valence-electron chi connectivity index (χ0n) is 16.0. The molecule has 1 unspecified atom stereocenters. The molecule has 0 aliphatic heterocycles. The summed E-state index contributed by atoms with van der Waals surface area (Å²) in [6.07, 6.45) is 2.11. The molecule has 2 amide bonds. The highest BCUT2D eigenvalue weighted by atomic mass is 32.2. The number of hydrogen-bond acceptors (Lipinski definition) is 5. The van der Waals surface area contributed by atoms with Crippen LogP contribution >= 0.6 is 11.3 Å². The van der Waals surface area contributed by atoms with Crippen LogP contribution in [0, 0.1) is 0 Å². The number of benzene rings is 1. The number of fused-ring (bicyclic) bond motifs is 1. The predicted molar refractivity (Wildman–Crippen MR) is 115 cm³/mol. The number of rotatable bonds is 9. The number of carbonyl (C=O) groups is 2. The van der Waals surface area contributed by atoms with Crippen molar-refractivity contribution in [1.29, 1.82) is 0 Å². The molecule has 0 aliphatic rings. The Morgan fingerprint density at radius 3 is 2.69 bits per heavy atom. The number of sulfone groups is 1. The van der Waals surface area contributed by atoms with Gasteiger partial charge in [-0.05, 0) is 23.1 Å². The number of para-hydroxylation sites is 1. The number of thiophene rings is 1. The molecule has 9 heteroatoms. The fraction of sp³-hybridized carbons (Fsp3) is 0.300. The number of aromatic amines is 1. The molecule has 2 aromatic heterocycles. The van der Waals surface area contributed by atoms with Gasteiger partial charge in [-0.3, -0.25) is 9.59 Å². The van der Waals surface area contributed by atoms with E-state index in [1.807, 2.05) is 30.5 Å². The number of carbonyl (C=O) groups excluding carboxylic acids is 2. The van der Waals surface area contributed by atoms with E-state index in [1.165, 1.54) is 11.3 Å². The van der Waals surface area contributed by atoms with Crippen LogP contribution in [0.5, 0.6) is 0 Å². The van der Waals surface area contributed by atoms with Crippen molar-refractivity contribution >= 4 is 43.9 Å². The van der Waals surface area contributed by atoms with E-state index in [2.05, 4.69) is 15.6 Å². The Hall–Kier alpha value is -2.65. The van der Waals surface area contributed by atoms with Crippen molar-refractivity contribution in [2.75, 3.05) is 18.1 Å². The minimum Gasteiger partial charge on any atom is -0.361 e. The molecule has 3 N–H and O–H groups in total. The Labute approximate surface area is 173 Å². The first-order valence-electron chi connectivity index (χ1n) is 9.27. The van der Waals surface area contributed by atoms with Crippen molar-refractivity contribution in [3.05, 3.63) is 58.4 Å². The Balaban J connectivity index is 1.75. The number of nitrogens with one attached hydrogen (secondary N) is 3. The van der Waals surface area contributed by atoms with E-state index in [4.69, 9.17) is 0 Å². The highest BCUT2D eigenvalue weighted by Gasteiger charge is 2.24. The molecule has 0 aliphatic carbocycles. The highest BCUT2D eigenvalue weighted by Crippen LogP contribution is 2.19. The van der Waals surface area contributed by atoms with Crippen LogP contribution in [0.3, 0.4) is 0 Å². The lowest BCUT2D eigenvalue weighted by Crippen LogP contribution is -2.48. The summed E-state index contributed by atoms with van der Waals surface area (Å²) in [4.78, 5) is 28.9. The molecule has 2 heterocycles. The highest BCUT2D eigenvalue weighted by molar-refractivity contribution is 7.91. The smallest absolute Gasteiger partial charge is 0.262 e. The summed E-state index contributed by atoms with van der Waals surface area (Å²) in [6, 6.07) is 10.3. The largest absolute Gasteiger partial charge is 0.361 e. The van der Waals surface area contributed by atoms with Crippen LogP contribution in [-0.4, -0.2) is 49.3 Å². The van der Waals surface area contributed by atoms with Crippen molar-refractivity contribution in [2.45, 2.75) is 19.4 Å². The van der Waals surface area contributed by atoms with Crippen LogP contribution in [0.1, 0.15) is 22.2 Å². The van der Waals surface area contributed by atoms with Gasteiger partial charge in [0.1, 0.15) is 6.04 Å². The SMILES string of the molecule is CCS(=O)(=O)CCNC(=O)C(Cc1c[nH]c2ccccc12)NC(=O)c1cccs1. The zero-order valence-corrected chi connectivity index (χ0v) is 17.6. The summed E-state index contributed by atoms with van der Waals surface area (Å²) in [5.74, 6) is -0.849. The molecule has 0 saturated heterocycles. The third kappa shape index (κ3) is 5.45. The van der Waals surface area contributed by atoms with Crippen LogP contribution < -0.4 is 10.6 Å². The molecule has 0 spiro atoms. The number of amides is 2. The van der Waals surface area contributed by atoms with Crippen molar-refractivity contribution in [3.63, 3.8) is 0 Å². The van der Waals surface area contributed by atoms with Gasteiger partial charge in [-0.25, -0.2) is 8.42 Å². The van der Waals surface area contributed by atoms with Crippen molar-refractivity contribution < 1.29 is 18.0 Å². The quantitative estimate of drug-likeness (QED) is 0.480. The van der Waals surface area contributed by atoms with E-state index in [9.17, 15) is 18.0 Å². The second-order valence-electron chi connectivity index (χ2n) is 6.59. The molecule has 1 aromatic carbocycles. The standard InChI is InChI=1S/C20H23N3O4S2/c1-2-29(26,27)11-9-21-19(24)17(23-20(25)18-8-5-10-28-18)12-14-13-22-16-7-4-3-6-15(14)16/h3-8,10,13,17,22H,2,9,11-12H2,1H3,(H,21,24)(H,23,25). The summed E-state index contributed by atoms with van der Waals surface area (Å²) in [5, 5.41) is 8.19. The first-order chi connectivity index (χ1) is 13.9. The maximum absolute atomic E-state index is 12.8. The van der Waals surface area contributed by atoms with Gasteiger partial charge >= 0.3 is 0 Å². The fourth-order valence-corrected chi connectivity index (χ4v) is 4.29. The maximum Gasteiger partial charge on any atom is 0.262 e. The van der Waals surface area contributed by atoms with Gasteiger partial charge in [-0.1, -0.05) is 31.2 Å². The maximum atomic E-state index is 12.8. The minimum absolute atomic E-state index is 0.00820. The Morgan fingerprint density at radius 1 is 1.17 bits per heavy atom. The Morgan fingerprint density at radius 2 is 1.97 bits per heavy atom. The van der Waals surface area contributed by atoms with E-state index in [0.29, 0.717) is 4.88 Å². The minimum atomic E-state index is -3.18. The second kappa shape index (κ2) is 9.23. The van der Waals surface area contributed by atoms with E-state index >= 15 is 0 Å². The van der Waals surface area contributed by atoms with Crippen LogP contribution in [-0.2, 0) is 21.1 Å². The third-order valence-electron chi connectivity index (χ3n) is 4.62. The van der Waals surface area contributed by atoms with E-state index in [1.54, 1.807) is 24.4 Å². The summed E-state index contributed by atoms with van der Waals surface area (Å²) < 4.78 is 23.3. The molecular formula is C20H23N3O4S2. The second-order valence-corrected chi connectivity index (χ2v) is 10.0. The molecule has 1 atom stereocenters. The third-order valence-corrected chi connectivity index (χ3v) is 7.19. The van der Waals surface area contributed by atoms with E-state index in [-0.39, 0.29) is 30.4 Å². The van der Waals surface area contributed by atoms with Gasteiger partial charge in [0.15, 0.2) is 9.84 Å². The van der Waals surface area contributed by atoms with E-state index < -0.39 is 21.8 Å². The Kier molecular flexibility index (Phi) is 6.71. The summed E-state index contributed by atoms with van der Waals surface area (Å²) >= 11 is 1.29. The molecule has 7 nitrogen and oxygen atoms in total. The number of H-pyrrole nitrogens is 1. The molecular weight excluding hydrogens is 410 g/mol. The number of hydrogen-bond donors (Lipinski definition) is 3. The average Bonchev–Trinajstić information content (AvgIpc) is 3.38. The monoisotopic (exact) mass is 433 g/mol. The lowest BCUT2D eigenvalue weighted by Gasteiger charge is -2.18. The summed E-state index contributed by atoms with van der Waals surface area (Å²) in [5.41, 5.74) is 1.84. The lowest BCUT2D eigenvalue weighted by molar-refractivity contribution is -0.122. The van der Waals surface area contributed by atoms with Crippen LogP contribution in [0.25, 0.3) is 10.9 Å². The van der Waals surface area contributed by atoms with Gasteiger partial charge in [0, 0.05) is 35.8 Å². The molecule has 0 radical (unpaired) electrons. The van der Waals surface area contributed by atoms with Crippen molar-refractivity contribution in [1.82, 2.24) is 15.6 Å². The molecule has 3 aromatic rings. The van der Waals surface area contributed by atoms with Gasteiger partial charge in [0.05, 0.1) is 10.6 Å². The summed E-state index contributed by atoms with van der Waals surface area (Å²) in [7, 11) is -3.18. The van der Waals surface area contributed by atoms with Gasteiger partial charge < -0.3 is 15.6 Å². The van der Waals surface area contributed by atoms with Gasteiger partial charge in [0.2, 0.25) is 5.91 Å². The summed E-state index contributed by atoms with van der Waals surface area (Å²) in [6.45, 7) is 1.58. The van der Waals surface area contributed by atoms with Crippen molar-refractivity contribution in [2.24, 2.45) is 0 Å². The van der Waals surface area contributed by atoms with Crippen molar-refractivity contribution in [3.8, 4) is 0 Å². The molecule has 154 valence electrons. The van der Waals surface area contributed by atoms with Gasteiger partial charge in [-0.15, -0.1) is 11.3 Å². The Bertz CT molecular complexity index is 1090. The fourth-order valence-electron chi connectivity index (χ4n) is 2.96. The molecule has 3 rings (SSSR count). The first-order valence-corrected chi connectivity index (χ1v) is 12.0.